The van der Waals surface area contributed by atoms with Gasteiger partial charge < -0.3 is 15.1 Å². The van der Waals surface area contributed by atoms with E-state index in [1.807, 2.05) is 0 Å². The highest BCUT2D eigenvalue weighted by atomic mass is 35.5. The lowest BCUT2D eigenvalue weighted by Crippen LogP contribution is -2.07. The number of ether oxygens (including phenoxy) is 1. The zero-order valence-electron chi connectivity index (χ0n) is 9.78. The van der Waals surface area contributed by atoms with E-state index in [-0.39, 0.29) is 10.7 Å². The first-order chi connectivity index (χ1) is 9.58. The molecule has 0 unspecified atom stereocenters. The van der Waals surface area contributed by atoms with Gasteiger partial charge in [0, 0.05) is 6.07 Å². The minimum absolute atomic E-state index is 0.207. The van der Waals surface area contributed by atoms with Crippen molar-refractivity contribution in [3.05, 3.63) is 34.3 Å². The number of anilines is 1. The molecule has 0 saturated carbocycles. The van der Waals surface area contributed by atoms with E-state index in [0.29, 0.717) is 15.8 Å². The molecule has 1 aromatic carbocycles. The Morgan fingerprint density at radius 3 is 3.00 bits per heavy atom. The lowest BCUT2D eigenvalue weighted by molar-refractivity contribution is 0.209. The molecule has 20 heavy (non-hydrogen) atoms. The van der Waals surface area contributed by atoms with Crippen LogP contribution in [0.1, 0.15) is 4.88 Å². The molecule has 0 radical (unpaired) electrons. The van der Waals surface area contributed by atoms with Gasteiger partial charge in [-0.1, -0.05) is 28.1 Å². The molecule has 0 atom stereocenters. The Morgan fingerprint density at radius 1 is 1.55 bits per heavy atom. The van der Waals surface area contributed by atoms with Crippen molar-refractivity contribution >= 4 is 40.9 Å². The van der Waals surface area contributed by atoms with Gasteiger partial charge in [0.1, 0.15) is 5.75 Å². The Balaban J connectivity index is 2.13. The molecular weight excluding hydrogens is 306 g/mol. The molecule has 3 N–H and O–H groups in total. The van der Waals surface area contributed by atoms with Gasteiger partial charge in [-0.2, -0.15) is 0 Å². The highest BCUT2D eigenvalue weighted by Crippen LogP contribution is 2.31. The molecule has 104 valence electrons. The Hall–Kier alpha value is -2.32. The van der Waals surface area contributed by atoms with Crippen LogP contribution in [0, 0.1) is 0 Å². The van der Waals surface area contributed by atoms with Crippen LogP contribution >= 0.6 is 22.9 Å². The van der Waals surface area contributed by atoms with Gasteiger partial charge in [-0.25, -0.2) is 9.78 Å². The quantitative estimate of drug-likeness (QED) is 0.455. The summed E-state index contributed by atoms with van der Waals surface area (Å²) >= 11 is 7.10. The number of oxime groups is 1. The van der Waals surface area contributed by atoms with Gasteiger partial charge in [0.05, 0.1) is 28.0 Å². The lowest BCUT2D eigenvalue weighted by atomic mass is 10.3. The number of nitrogens with zero attached hydrogens (tertiary/aromatic N) is 2. The predicted molar refractivity (Wildman–Crippen MR) is 74.7 cm³/mol. The van der Waals surface area contributed by atoms with E-state index in [4.69, 9.17) is 26.7 Å². The molecule has 1 aromatic heterocycles. The number of benzene rings is 1. The molecule has 0 aliphatic rings. The fourth-order valence-corrected chi connectivity index (χ4v) is 2.18. The molecule has 1 heterocycles. The van der Waals surface area contributed by atoms with Crippen LogP contribution in [0.15, 0.2) is 29.6 Å². The summed E-state index contributed by atoms with van der Waals surface area (Å²) in [6, 6.07) is 4.50. The molecule has 2 aromatic rings. The highest BCUT2D eigenvalue weighted by molar-refractivity contribution is 7.15. The third-order valence-electron chi connectivity index (χ3n) is 2.07. The van der Waals surface area contributed by atoms with Crippen LogP contribution in [-0.2, 0) is 0 Å². The number of nitrogens with one attached hydrogen (secondary N) is 1. The second-order valence-electron chi connectivity index (χ2n) is 3.45. The zero-order chi connectivity index (χ0) is 14.5. The van der Waals surface area contributed by atoms with Crippen molar-refractivity contribution in [2.75, 3.05) is 5.32 Å². The van der Waals surface area contributed by atoms with Crippen molar-refractivity contribution in [2.24, 2.45) is 5.16 Å². The molecule has 0 fully saturated rings. The van der Waals surface area contributed by atoms with Crippen LogP contribution < -0.4 is 10.1 Å². The summed E-state index contributed by atoms with van der Waals surface area (Å²) in [4.78, 5) is 15.1. The summed E-state index contributed by atoms with van der Waals surface area (Å²) < 4.78 is 5.45. The summed E-state index contributed by atoms with van der Waals surface area (Å²) in [5.74, 6) is 0.410. The molecule has 7 nitrogen and oxygen atoms in total. The maximum atomic E-state index is 10.5. The van der Waals surface area contributed by atoms with Crippen LogP contribution in [0.5, 0.6) is 10.9 Å². The molecule has 0 aliphatic heterocycles. The first-order valence-corrected chi connectivity index (χ1v) is 6.38. The van der Waals surface area contributed by atoms with Crippen molar-refractivity contribution in [1.29, 1.82) is 0 Å². The topological polar surface area (TPSA) is 104 Å². The number of aromatic nitrogens is 1. The predicted octanol–water partition coefficient (Wildman–Crippen LogP) is 3.49. The monoisotopic (exact) mass is 313 g/mol. The molecule has 1 amide bonds. The summed E-state index contributed by atoms with van der Waals surface area (Å²) in [6.07, 6.45) is 1.52. The van der Waals surface area contributed by atoms with Gasteiger partial charge in [-0.15, -0.1) is 0 Å². The van der Waals surface area contributed by atoms with Crippen molar-refractivity contribution in [3.8, 4) is 10.9 Å². The molecule has 0 spiro atoms. The Labute approximate surface area is 122 Å². The first kappa shape index (κ1) is 14.1. The van der Waals surface area contributed by atoms with E-state index < -0.39 is 6.09 Å². The molecule has 0 aliphatic carbocycles. The van der Waals surface area contributed by atoms with Gasteiger partial charge in [-0.05, 0) is 12.1 Å². The largest absolute Gasteiger partial charge is 0.465 e. The van der Waals surface area contributed by atoms with E-state index in [1.165, 1.54) is 35.9 Å². The first-order valence-electron chi connectivity index (χ1n) is 5.19. The number of rotatable bonds is 4. The number of carboxylic acid groups (broad SMARTS) is 1. The number of thiazole rings is 1. The van der Waals surface area contributed by atoms with Crippen molar-refractivity contribution in [3.63, 3.8) is 0 Å². The number of carbonyl (C=O) groups is 1. The minimum Gasteiger partial charge on any atom is -0.465 e. The van der Waals surface area contributed by atoms with E-state index in [9.17, 15) is 4.79 Å². The highest BCUT2D eigenvalue weighted by Gasteiger charge is 2.08. The standard InChI is InChI=1S/C11H8ClN3O4S/c12-8-3-6(1-2-9(8)15-10(16)17)19-11-13-4-7(20-11)5-14-18/h1-5,15,18H,(H,16,17)/b14-5+. The van der Waals surface area contributed by atoms with Gasteiger partial charge in [0.2, 0.25) is 0 Å². The summed E-state index contributed by atoms with van der Waals surface area (Å²) in [7, 11) is 0. The fourth-order valence-electron chi connectivity index (χ4n) is 1.31. The van der Waals surface area contributed by atoms with Crippen LogP contribution in [0.25, 0.3) is 0 Å². The van der Waals surface area contributed by atoms with Gasteiger partial charge >= 0.3 is 6.09 Å². The zero-order valence-corrected chi connectivity index (χ0v) is 11.4. The Kier molecular flexibility index (Phi) is 4.38. The second-order valence-corrected chi connectivity index (χ2v) is 4.88. The van der Waals surface area contributed by atoms with E-state index >= 15 is 0 Å². The molecule has 0 bridgehead atoms. The van der Waals surface area contributed by atoms with E-state index in [1.54, 1.807) is 6.07 Å². The normalized spacial score (nSPS) is 10.7. The minimum atomic E-state index is -1.20. The smallest absolute Gasteiger partial charge is 0.409 e. The molecule has 2 rings (SSSR count). The van der Waals surface area contributed by atoms with E-state index in [2.05, 4.69) is 15.5 Å². The average Bonchev–Trinajstić information content (AvgIpc) is 2.80. The van der Waals surface area contributed by atoms with Crippen LogP contribution in [0.3, 0.4) is 0 Å². The summed E-state index contributed by atoms with van der Waals surface area (Å²) in [5.41, 5.74) is 0.263. The Morgan fingerprint density at radius 2 is 2.35 bits per heavy atom. The van der Waals surface area contributed by atoms with E-state index in [0.717, 1.165) is 0 Å². The molecule has 9 heteroatoms. The lowest BCUT2D eigenvalue weighted by Gasteiger charge is -2.06. The third-order valence-corrected chi connectivity index (χ3v) is 3.20. The van der Waals surface area contributed by atoms with Crippen LogP contribution in [0.4, 0.5) is 10.5 Å². The second kappa shape index (κ2) is 6.22. The van der Waals surface area contributed by atoms with Crippen LogP contribution in [0.2, 0.25) is 5.02 Å². The third kappa shape index (κ3) is 3.59. The maximum Gasteiger partial charge on any atom is 0.409 e. The number of halogens is 1. The number of hydrogen-bond acceptors (Lipinski definition) is 6. The van der Waals surface area contributed by atoms with Gasteiger partial charge in [-0.3, -0.25) is 5.32 Å². The van der Waals surface area contributed by atoms with Gasteiger partial charge in [0.25, 0.3) is 5.19 Å². The number of hydrogen-bond donors (Lipinski definition) is 3. The van der Waals surface area contributed by atoms with Crippen molar-refractivity contribution in [2.45, 2.75) is 0 Å². The van der Waals surface area contributed by atoms with Crippen molar-refractivity contribution < 1.29 is 19.8 Å². The summed E-state index contributed by atoms with van der Waals surface area (Å²) in [5, 5.41) is 22.6. The van der Waals surface area contributed by atoms with Gasteiger partial charge in [0.15, 0.2) is 0 Å². The SMILES string of the molecule is O=C(O)Nc1ccc(Oc2ncc(/C=N/O)s2)cc1Cl. The average molecular weight is 314 g/mol. The van der Waals surface area contributed by atoms with Crippen molar-refractivity contribution in [1.82, 2.24) is 4.98 Å². The molecule has 0 saturated heterocycles. The summed E-state index contributed by atoms with van der Waals surface area (Å²) in [6.45, 7) is 0. The molecular formula is C11H8ClN3O4S. The fraction of sp³-hybridized carbons (Fsp3) is 0. The van der Waals surface area contributed by atoms with Crippen LogP contribution in [-0.4, -0.2) is 27.6 Å². The number of amides is 1. The Bertz CT molecular complexity index is 659. The maximum absolute atomic E-state index is 10.5.